The first-order valence-electron chi connectivity index (χ1n) is 9.73. The zero-order valence-electron chi connectivity index (χ0n) is 16.3. The summed E-state index contributed by atoms with van der Waals surface area (Å²) < 4.78 is 15.8. The number of nitrogens with zero attached hydrogens (tertiary/aromatic N) is 1. The number of carbonyl (C=O) groups excluding carboxylic acids is 4. The van der Waals surface area contributed by atoms with Crippen molar-refractivity contribution in [3.8, 4) is 0 Å². The van der Waals surface area contributed by atoms with Gasteiger partial charge < -0.3 is 14.2 Å². The molecule has 2 aliphatic heterocycles. The van der Waals surface area contributed by atoms with Gasteiger partial charge in [-0.1, -0.05) is 11.6 Å². The predicted molar refractivity (Wildman–Crippen MR) is 105 cm³/mol. The van der Waals surface area contributed by atoms with Crippen LogP contribution in [-0.4, -0.2) is 49.2 Å². The lowest BCUT2D eigenvalue weighted by molar-refractivity contribution is -0.150. The fourth-order valence-corrected chi connectivity index (χ4v) is 4.13. The Morgan fingerprint density at radius 2 is 1.63 bits per heavy atom. The van der Waals surface area contributed by atoms with Crippen molar-refractivity contribution in [1.82, 2.24) is 0 Å². The zero-order valence-corrected chi connectivity index (χ0v) is 17.1. The molecular weight excluding hydrogens is 414 g/mol. The first-order chi connectivity index (χ1) is 14.4. The van der Waals surface area contributed by atoms with E-state index in [-0.39, 0.29) is 41.3 Å². The smallest absolute Gasteiger partial charge is 0.340 e. The number of benzene rings is 1. The molecule has 0 N–H and O–H groups in total. The summed E-state index contributed by atoms with van der Waals surface area (Å²) in [7, 11) is 0. The van der Waals surface area contributed by atoms with Crippen LogP contribution in [0, 0.1) is 0 Å². The van der Waals surface area contributed by atoms with E-state index in [4.69, 9.17) is 25.8 Å². The van der Waals surface area contributed by atoms with Crippen molar-refractivity contribution in [2.24, 2.45) is 0 Å². The Morgan fingerprint density at radius 1 is 1.03 bits per heavy atom. The third-order valence-electron chi connectivity index (χ3n) is 5.37. The minimum absolute atomic E-state index is 0.00751. The fraction of sp³-hybridized carbons (Fsp3) is 0.429. The van der Waals surface area contributed by atoms with Crippen LogP contribution in [-0.2, 0) is 28.6 Å². The number of hydrogen-bond donors (Lipinski definition) is 0. The van der Waals surface area contributed by atoms with E-state index in [1.165, 1.54) is 25.1 Å². The summed E-state index contributed by atoms with van der Waals surface area (Å²) in [5.74, 6) is -1.97. The van der Waals surface area contributed by atoms with Gasteiger partial charge in [-0.3, -0.25) is 14.4 Å². The van der Waals surface area contributed by atoms with Gasteiger partial charge in [0.2, 0.25) is 0 Å². The molecule has 9 heteroatoms. The molecule has 0 bridgehead atoms. The van der Waals surface area contributed by atoms with Gasteiger partial charge in [0.05, 0.1) is 29.5 Å². The van der Waals surface area contributed by atoms with Gasteiger partial charge in [0.1, 0.15) is 0 Å². The number of esters is 2. The van der Waals surface area contributed by atoms with Crippen LogP contribution in [0.5, 0.6) is 0 Å². The van der Waals surface area contributed by atoms with E-state index >= 15 is 0 Å². The summed E-state index contributed by atoms with van der Waals surface area (Å²) in [6.07, 6.45) is 1.43. The van der Waals surface area contributed by atoms with E-state index in [2.05, 4.69) is 0 Å². The summed E-state index contributed by atoms with van der Waals surface area (Å²) in [5, 5.41) is 0.114. The number of hydrogen-bond acceptors (Lipinski definition) is 7. The third kappa shape index (κ3) is 3.73. The molecular formula is C21H20ClNO7. The molecule has 2 unspecified atom stereocenters. The maximum Gasteiger partial charge on any atom is 0.340 e. The minimum atomic E-state index is -0.773. The number of carbonyl (C=O) groups is 4. The molecule has 0 saturated carbocycles. The Morgan fingerprint density at radius 3 is 2.23 bits per heavy atom. The van der Waals surface area contributed by atoms with E-state index in [0.717, 1.165) is 17.7 Å². The lowest BCUT2D eigenvalue weighted by Crippen LogP contribution is -2.34. The van der Waals surface area contributed by atoms with Crippen molar-refractivity contribution < 1.29 is 33.4 Å². The summed E-state index contributed by atoms with van der Waals surface area (Å²) >= 11 is 6.18. The van der Waals surface area contributed by atoms with Gasteiger partial charge >= 0.3 is 11.9 Å². The third-order valence-corrected chi connectivity index (χ3v) is 5.70. The highest BCUT2D eigenvalue weighted by atomic mass is 35.5. The average Bonchev–Trinajstić information content (AvgIpc) is 3.24. The molecule has 1 fully saturated rings. The van der Waals surface area contributed by atoms with Crippen LogP contribution in [0.4, 0.5) is 5.69 Å². The second kappa shape index (κ2) is 8.20. The number of imide groups is 1. The number of ether oxygens (including phenoxy) is 3. The molecule has 2 amide bonds. The quantitative estimate of drug-likeness (QED) is 0.531. The van der Waals surface area contributed by atoms with E-state index in [9.17, 15) is 19.2 Å². The van der Waals surface area contributed by atoms with Crippen LogP contribution in [0.15, 0.2) is 29.3 Å². The normalized spacial score (nSPS) is 23.6. The van der Waals surface area contributed by atoms with Gasteiger partial charge in [-0.25, -0.2) is 9.69 Å². The maximum absolute atomic E-state index is 12.8. The molecule has 1 saturated heterocycles. The lowest BCUT2D eigenvalue weighted by Gasteiger charge is -2.19. The van der Waals surface area contributed by atoms with Gasteiger partial charge in [-0.05, 0) is 43.9 Å². The van der Waals surface area contributed by atoms with E-state index in [1.54, 1.807) is 0 Å². The SMILES string of the molecule is CC(=O)OC1COCC1OC(=O)c1cc(N2C(=O)C3=C(CCCC3)C2=O)ccc1Cl. The molecule has 3 aliphatic rings. The van der Waals surface area contributed by atoms with Crippen molar-refractivity contribution in [2.45, 2.75) is 44.8 Å². The van der Waals surface area contributed by atoms with Crippen LogP contribution in [0.1, 0.15) is 43.0 Å². The Balaban J connectivity index is 1.55. The molecule has 0 aromatic heterocycles. The Labute approximate surface area is 177 Å². The van der Waals surface area contributed by atoms with Crippen molar-refractivity contribution in [2.75, 3.05) is 18.1 Å². The predicted octanol–water partition coefficient (Wildman–Crippen LogP) is 2.57. The van der Waals surface area contributed by atoms with Gasteiger partial charge in [0.25, 0.3) is 11.8 Å². The number of halogens is 1. The molecule has 2 atom stereocenters. The first kappa shape index (κ1) is 20.6. The van der Waals surface area contributed by atoms with Crippen LogP contribution in [0.3, 0.4) is 0 Å². The molecule has 0 spiro atoms. The summed E-state index contributed by atoms with van der Waals surface area (Å²) in [6.45, 7) is 1.47. The Kier molecular flexibility index (Phi) is 5.62. The largest absolute Gasteiger partial charge is 0.456 e. The number of rotatable bonds is 4. The Bertz CT molecular complexity index is 942. The van der Waals surface area contributed by atoms with E-state index < -0.39 is 24.1 Å². The molecule has 30 heavy (non-hydrogen) atoms. The monoisotopic (exact) mass is 433 g/mol. The molecule has 1 aliphatic carbocycles. The summed E-state index contributed by atoms with van der Waals surface area (Å²) in [5.41, 5.74) is 1.37. The van der Waals surface area contributed by atoms with Crippen LogP contribution in [0.25, 0.3) is 0 Å². The van der Waals surface area contributed by atoms with E-state index in [0.29, 0.717) is 24.0 Å². The van der Waals surface area contributed by atoms with Gasteiger partial charge in [-0.15, -0.1) is 0 Å². The maximum atomic E-state index is 12.8. The molecule has 0 radical (unpaired) electrons. The van der Waals surface area contributed by atoms with Crippen molar-refractivity contribution in [1.29, 1.82) is 0 Å². The highest BCUT2D eigenvalue weighted by molar-refractivity contribution is 6.35. The molecule has 2 heterocycles. The van der Waals surface area contributed by atoms with Gasteiger partial charge in [0, 0.05) is 18.1 Å². The second-order valence-electron chi connectivity index (χ2n) is 7.40. The van der Waals surface area contributed by atoms with Crippen LogP contribution >= 0.6 is 11.6 Å². The summed E-state index contributed by atoms with van der Waals surface area (Å²) in [6, 6.07) is 4.34. The van der Waals surface area contributed by atoms with Crippen LogP contribution < -0.4 is 4.90 Å². The Hall–Kier alpha value is -2.71. The minimum Gasteiger partial charge on any atom is -0.456 e. The zero-order chi connectivity index (χ0) is 21.4. The van der Waals surface area contributed by atoms with Gasteiger partial charge in [0.15, 0.2) is 12.2 Å². The van der Waals surface area contributed by atoms with Crippen molar-refractivity contribution >= 4 is 41.0 Å². The topological polar surface area (TPSA) is 99.2 Å². The molecule has 4 rings (SSSR count). The molecule has 1 aromatic carbocycles. The lowest BCUT2D eigenvalue weighted by atomic mass is 9.93. The number of amides is 2. The number of anilines is 1. The molecule has 1 aromatic rings. The highest BCUT2D eigenvalue weighted by Gasteiger charge is 2.40. The van der Waals surface area contributed by atoms with Crippen molar-refractivity contribution in [3.63, 3.8) is 0 Å². The highest BCUT2D eigenvalue weighted by Crippen LogP contribution is 2.36. The first-order valence-corrected chi connectivity index (χ1v) is 10.1. The van der Waals surface area contributed by atoms with E-state index in [1.807, 2.05) is 0 Å². The average molecular weight is 434 g/mol. The molecule has 158 valence electrons. The molecule has 8 nitrogen and oxygen atoms in total. The second-order valence-corrected chi connectivity index (χ2v) is 7.81. The van der Waals surface area contributed by atoms with Crippen molar-refractivity contribution in [3.05, 3.63) is 39.9 Å². The fourth-order valence-electron chi connectivity index (χ4n) is 3.93. The van der Waals surface area contributed by atoms with Gasteiger partial charge in [-0.2, -0.15) is 0 Å². The standard InChI is InChI=1S/C21H20ClNO7/c1-11(24)29-17-9-28-10-18(17)30-21(27)15-8-12(6-7-16(15)22)23-19(25)13-4-2-3-5-14(13)20(23)26/h6-8,17-18H,2-5,9-10H2,1H3. The van der Waals surface area contributed by atoms with Crippen LogP contribution in [0.2, 0.25) is 5.02 Å². The summed E-state index contributed by atoms with van der Waals surface area (Å²) in [4.78, 5) is 50.6.